The molecule has 0 aromatic carbocycles. The van der Waals surface area contributed by atoms with Crippen molar-refractivity contribution in [3.63, 3.8) is 0 Å². The van der Waals surface area contributed by atoms with Crippen molar-refractivity contribution in [1.29, 1.82) is 5.26 Å². The summed E-state index contributed by atoms with van der Waals surface area (Å²) in [4.78, 5) is 4.08. The fourth-order valence-electron chi connectivity index (χ4n) is 2.83. The average Bonchev–Trinajstić information content (AvgIpc) is 2.87. The Morgan fingerprint density at radius 1 is 1.61 bits per heavy atom. The molecule has 1 aromatic rings. The number of hydrogen-bond donors (Lipinski definition) is 1. The molecule has 0 bridgehead atoms. The van der Waals surface area contributed by atoms with Crippen molar-refractivity contribution in [3.05, 3.63) is 18.2 Å². The highest BCUT2D eigenvalue weighted by Crippen LogP contribution is 2.46. The van der Waals surface area contributed by atoms with Gasteiger partial charge in [0.1, 0.15) is 6.10 Å². The van der Waals surface area contributed by atoms with Gasteiger partial charge in [-0.05, 0) is 38.5 Å². The molecule has 0 aliphatic heterocycles. The Hall–Kier alpha value is -1.34. The minimum atomic E-state index is -0.725. The first-order valence-electron chi connectivity index (χ1n) is 6.72. The number of aliphatic hydroxyl groups is 1. The highest BCUT2D eigenvalue weighted by atomic mass is 16.3. The van der Waals surface area contributed by atoms with E-state index in [-0.39, 0.29) is 0 Å². The van der Waals surface area contributed by atoms with Crippen molar-refractivity contribution in [3.8, 4) is 6.07 Å². The smallest absolute Gasteiger partial charge is 0.114 e. The second-order valence-electron chi connectivity index (χ2n) is 5.46. The zero-order valence-electron chi connectivity index (χ0n) is 11.1. The molecule has 1 N–H and O–H groups in total. The molecule has 4 nitrogen and oxygen atoms in total. The predicted octanol–water partition coefficient (Wildman–Crippen LogP) is 2.66. The van der Waals surface area contributed by atoms with E-state index in [0.717, 1.165) is 37.9 Å². The summed E-state index contributed by atoms with van der Waals surface area (Å²) in [6.07, 6.45) is 6.27. The molecule has 1 aromatic heterocycles. The fraction of sp³-hybridized carbons (Fsp3) is 0.714. The number of imidazole rings is 1. The highest BCUT2D eigenvalue weighted by molar-refractivity contribution is 5.15. The molecule has 1 aliphatic rings. The molecular weight excluding hydrogens is 226 g/mol. The second-order valence-corrected chi connectivity index (χ2v) is 5.46. The minimum absolute atomic E-state index is 0.626. The third-order valence-corrected chi connectivity index (χ3v) is 4.28. The first-order chi connectivity index (χ1) is 8.63. The van der Waals surface area contributed by atoms with E-state index in [1.54, 1.807) is 12.5 Å². The molecule has 0 radical (unpaired) electrons. The number of hydrogen-bond acceptors (Lipinski definition) is 3. The van der Waals surface area contributed by atoms with Gasteiger partial charge >= 0.3 is 0 Å². The summed E-state index contributed by atoms with van der Waals surface area (Å²) in [5, 5.41) is 20.1. The average molecular weight is 247 g/mol. The van der Waals surface area contributed by atoms with Crippen LogP contribution < -0.4 is 0 Å². The standard InChI is InChI=1S/C14H21N3O/c1-3-17-10-16-8-12(17)13(18)14(9-15)6-4-11(2)5-7-14/h8,10-11,13,18H,3-7H2,1-2H3. The largest absolute Gasteiger partial charge is 0.385 e. The molecule has 4 heteroatoms. The third-order valence-electron chi connectivity index (χ3n) is 4.28. The van der Waals surface area contributed by atoms with Crippen molar-refractivity contribution < 1.29 is 5.11 Å². The van der Waals surface area contributed by atoms with E-state index in [0.29, 0.717) is 5.92 Å². The molecule has 0 amide bonds. The van der Waals surface area contributed by atoms with Crippen molar-refractivity contribution in [2.45, 2.75) is 52.2 Å². The minimum Gasteiger partial charge on any atom is -0.385 e. The van der Waals surface area contributed by atoms with E-state index < -0.39 is 11.5 Å². The van der Waals surface area contributed by atoms with Crippen LogP contribution in [0.4, 0.5) is 0 Å². The first-order valence-corrected chi connectivity index (χ1v) is 6.72. The molecule has 2 rings (SSSR count). The maximum absolute atomic E-state index is 10.6. The summed E-state index contributed by atoms with van der Waals surface area (Å²) in [7, 11) is 0. The molecule has 1 aliphatic carbocycles. The quantitative estimate of drug-likeness (QED) is 0.893. The Labute approximate surface area is 108 Å². The number of nitriles is 1. The van der Waals surface area contributed by atoms with Crippen molar-refractivity contribution in [2.24, 2.45) is 11.3 Å². The van der Waals surface area contributed by atoms with Gasteiger partial charge in [0.25, 0.3) is 0 Å². The zero-order valence-corrected chi connectivity index (χ0v) is 11.1. The van der Waals surface area contributed by atoms with Crippen LogP contribution >= 0.6 is 0 Å². The number of aryl methyl sites for hydroxylation is 1. The van der Waals surface area contributed by atoms with Crippen molar-refractivity contribution >= 4 is 0 Å². The van der Waals surface area contributed by atoms with Crippen molar-refractivity contribution in [2.75, 3.05) is 0 Å². The Morgan fingerprint density at radius 3 is 2.83 bits per heavy atom. The van der Waals surface area contributed by atoms with Crippen LogP contribution in [0.25, 0.3) is 0 Å². The van der Waals surface area contributed by atoms with E-state index in [9.17, 15) is 10.4 Å². The molecule has 1 heterocycles. The third kappa shape index (κ3) is 2.15. The van der Waals surface area contributed by atoms with Crippen molar-refractivity contribution in [1.82, 2.24) is 9.55 Å². The normalized spacial score (nSPS) is 29.8. The van der Waals surface area contributed by atoms with Crippen LogP contribution in [0.2, 0.25) is 0 Å². The van der Waals surface area contributed by atoms with E-state index >= 15 is 0 Å². The van der Waals surface area contributed by atoms with E-state index in [1.165, 1.54) is 0 Å². The van der Waals surface area contributed by atoms with Crippen LogP contribution in [0.5, 0.6) is 0 Å². The van der Waals surface area contributed by atoms with Crippen LogP contribution in [0.3, 0.4) is 0 Å². The fourth-order valence-corrected chi connectivity index (χ4v) is 2.83. The maximum Gasteiger partial charge on any atom is 0.114 e. The lowest BCUT2D eigenvalue weighted by Gasteiger charge is -2.37. The summed E-state index contributed by atoms with van der Waals surface area (Å²) in [6.45, 7) is 4.99. The monoisotopic (exact) mass is 247 g/mol. The van der Waals surface area contributed by atoms with Gasteiger partial charge in [-0.2, -0.15) is 5.26 Å². The summed E-state index contributed by atoms with van der Waals surface area (Å²) < 4.78 is 1.92. The molecule has 98 valence electrons. The van der Waals surface area contributed by atoms with Gasteiger partial charge in [-0.1, -0.05) is 6.92 Å². The number of aliphatic hydroxyl groups excluding tert-OH is 1. The van der Waals surface area contributed by atoms with E-state index in [4.69, 9.17) is 0 Å². The van der Waals surface area contributed by atoms with E-state index in [1.807, 2.05) is 11.5 Å². The molecule has 1 atom stereocenters. The van der Waals surface area contributed by atoms with Gasteiger partial charge < -0.3 is 9.67 Å². The van der Waals surface area contributed by atoms with Gasteiger partial charge in [0.15, 0.2) is 0 Å². The summed E-state index contributed by atoms with van der Waals surface area (Å²) >= 11 is 0. The van der Waals surface area contributed by atoms with E-state index in [2.05, 4.69) is 18.0 Å². The Kier molecular flexibility index (Phi) is 3.72. The Bertz CT molecular complexity index is 438. The van der Waals surface area contributed by atoms with Crippen LogP contribution in [0.1, 0.15) is 51.3 Å². The second kappa shape index (κ2) is 5.11. The zero-order chi connectivity index (χ0) is 13.2. The lowest BCUT2D eigenvalue weighted by atomic mass is 9.68. The van der Waals surface area contributed by atoms with Gasteiger partial charge in [0, 0.05) is 6.54 Å². The molecular formula is C14H21N3O. The van der Waals surface area contributed by atoms with Gasteiger partial charge in [-0.3, -0.25) is 0 Å². The number of rotatable bonds is 3. The predicted molar refractivity (Wildman–Crippen MR) is 68.5 cm³/mol. The topological polar surface area (TPSA) is 61.8 Å². The van der Waals surface area contributed by atoms with Crippen LogP contribution in [-0.4, -0.2) is 14.7 Å². The van der Waals surface area contributed by atoms with Gasteiger partial charge in [-0.15, -0.1) is 0 Å². The summed E-state index contributed by atoms with van der Waals surface area (Å²) in [6, 6.07) is 2.39. The van der Waals surface area contributed by atoms with Gasteiger partial charge in [-0.25, -0.2) is 4.98 Å². The molecule has 0 spiro atoms. The lowest BCUT2D eigenvalue weighted by molar-refractivity contribution is 0.0212. The van der Waals surface area contributed by atoms with Crippen LogP contribution in [0.15, 0.2) is 12.5 Å². The number of aromatic nitrogens is 2. The molecule has 1 saturated carbocycles. The van der Waals surface area contributed by atoms with Crippen LogP contribution in [-0.2, 0) is 6.54 Å². The molecule has 0 saturated heterocycles. The van der Waals surface area contributed by atoms with Gasteiger partial charge in [0.05, 0.1) is 29.7 Å². The van der Waals surface area contributed by atoms with Gasteiger partial charge in [0.2, 0.25) is 0 Å². The molecule has 1 unspecified atom stereocenters. The highest BCUT2D eigenvalue weighted by Gasteiger charge is 2.42. The summed E-state index contributed by atoms with van der Waals surface area (Å²) in [5.41, 5.74) is 0.146. The Balaban J connectivity index is 2.26. The molecule has 18 heavy (non-hydrogen) atoms. The van der Waals surface area contributed by atoms with Crippen LogP contribution in [0, 0.1) is 22.7 Å². The molecule has 1 fully saturated rings. The summed E-state index contributed by atoms with van der Waals surface area (Å²) in [5.74, 6) is 0.662. The first kappa shape index (κ1) is 13.1. The number of nitrogens with zero attached hydrogens (tertiary/aromatic N) is 3. The maximum atomic E-state index is 10.6. The lowest BCUT2D eigenvalue weighted by Crippen LogP contribution is -2.33. The SMILES string of the molecule is CCn1cncc1C(O)C1(C#N)CCC(C)CC1. The Morgan fingerprint density at radius 2 is 2.28 bits per heavy atom.